The number of amides is 3. The zero-order valence-corrected chi connectivity index (χ0v) is 15.7. The van der Waals surface area contributed by atoms with Crippen LogP contribution in [0.1, 0.15) is 42.6 Å². The topological polar surface area (TPSA) is 96.0 Å². The van der Waals surface area contributed by atoms with Crippen LogP contribution in [0.25, 0.3) is 0 Å². The maximum absolute atomic E-state index is 12.3. The van der Waals surface area contributed by atoms with Gasteiger partial charge in [0.1, 0.15) is 0 Å². The van der Waals surface area contributed by atoms with Crippen LogP contribution in [0.15, 0.2) is 30.6 Å². The molecule has 1 fully saturated rings. The molecule has 0 bridgehead atoms. The Morgan fingerprint density at radius 2 is 1.85 bits per heavy atom. The average molecular weight is 367 g/mol. The first kappa shape index (κ1) is 18.8. The number of aromatic nitrogens is 2. The van der Waals surface area contributed by atoms with Gasteiger partial charge in [-0.05, 0) is 44.4 Å². The molecular weight excluding hydrogens is 342 g/mol. The van der Waals surface area contributed by atoms with E-state index in [9.17, 15) is 9.59 Å². The molecule has 1 aliphatic carbocycles. The molecule has 142 valence electrons. The van der Waals surface area contributed by atoms with Crippen LogP contribution in [0.3, 0.4) is 0 Å². The fraction of sp³-hybridized carbons (Fsp3) is 0.400. The molecule has 2 aromatic rings. The molecule has 7 heteroatoms. The highest BCUT2D eigenvalue weighted by Gasteiger charge is 2.22. The molecule has 0 saturated heterocycles. The van der Waals surface area contributed by atoms with Crippen LogP contribution in [0.4, 0.5) is 16.2 Å². The van der Waals surface area contributed by atoms with E-state index in [1.807, 2.05) is 26.0 Å². The third-order valence-corrected chi connectivity index (χ3v) is 4.74. The Balaban J connectivity index is 1.57. The molecule has 1 heterocycles. The highest BCUT2D eigenvalue weighted by Crippen LogP contribution is 2.27. The minimum Gasteiger partial charge on any atom is -0.332 e. The maximum atomic E-state index is 12.3. The number of rotatable bonds is 5. The van der Waals surface area contributed by atoms with Crippen molar-refractivity contribution < 1.29 is 9.59 Å². The quantitative estimate of drug-likeness (QED) is 0.753. The molecule has 7 nitrogen and oxygen atoms in total. The van der Waals surface area contributed by atoms with Crippen LogP contribution in [0.2, 0.25) is 0 Å². The summed E-state index contributed by atoms with van der Waals surface area (Å²) in [6.07, 6.45) is 7.43. The number of aryl methyl sites for hydroxylation is 2. The number of benzene rings is 1. The Kier molecular flexibility index (Phi) is 6.01. The van der Waals surface area contributed by atoms with Gasteiger partial charge in [0.2, 0.25) is 5.91 Å². The summed E-state index contributed by atoms with van der Waals surface area (Å²) in [7, 11) is 0. The maximum Gasteiger partial charge on any atom is 0.319 e. The molecule has 0 aliphatic heterocycles. The van der Waals surface area contributed by atoms with Crippen molar-refractivity contribution in [1.29, 1.82) is 0 Å². The summed E-state index contributed by atoms with van der Waals surface area (Å²) in [5, 5.41) is 8.54. The number of carbonyl (C=O) groups excluding carboxylic acids is 2. The van der Waals surface area contributed by atoms with Gasteiger partial charge in [0.05, 0.1) is 24.1 Å². The number of carbonyl (C=O) groups is 2. The van der Waals surface area contributed by atoms with Crippen LogP contribution < -0.4 is 16.0 Å². The first-order valence-corrected chi connectivity index (χ1v) is 9.25. The summed E-state index contributed by atoms with van der Waals surface area (Å²) in [6, 6.07) is 5.19. The van der Waals surface area contributed by atoms with Crippen molar-refractivity contribution in [2.24, 2.45) is 5.92 Å². The van der Waals surface area contributed by atoms with Gasteiger partial charge in [0.25, 0.3) is 0 Å². The number of hydrogen-bond donors (Lipinski definition) is 3. The lowest BCUT2D eigenvalue weighted by atomic mass is 10.1. The van der Waals surface area contributed by atoms with Gasteiger partial charge in [-0.3, -0.25) is 14.8 Å². The van der Waals surface area contributed by atoms with Gasteiger partial charge in [-0.2, -0.15) is 0 Å². The number of urea groups is 1. The number of hydrogen-bond acceptors (Lipinski definition) is 4. The van der Waals surface area contributed by atoms with Crippen LogP contribution in [-0.4, -0.2) is 21.9 Å². The molecule has 0 spiro atoms. The summed E-state index contributed by atoms with van der Waals surface area (Å²) in [6.45, 7) is 4.05. The van der Waals surface area contributed by atoms with E-state index < -0.39 is 0 Å². The smallest absolute Gasteiger partial charge is 0.319 e. The lowest BCUT2D eigenvalue weighted by Gasteiger charge is -2.14. The number of nitrogens with zero attached hydrogens (tertiary/aromatic N) is 2. The van der Waals surface area contributed by atoms with Gasteiger partial charge in [-0.15, -0.1) is 0 Å². The number of nitrogens with one attached hydrogen (secondary N) is 3. The van der Waals surface area contributed by atoms with Gasteiger partial charge < -0.3 is 16.0 Å². The SMILES string of the molecule is Cc1cnc(CNC(=O)Nc2cc(NC(=O)C3CCCC3)ccc2C)cn1. The Morgan fingerprint density at radius 1 is 1.07 bits per heavy atom. The molecule has 1 aliphatic rings. The minimum absolute atomic E-state index is 0.0599. The van der Waals surface area contributed by atoms with E-state index in [4.69, 9.17) is 0 Å². The van der Waals surface area contributed by atoms with Crippen LogP contribution in [-0.2, 0) is 11.3 Å². The monoisotopic (exact) mass is 367 g/mol. The fourth-order valence-electron chi connectivity index (χ4n) is 3.11. The van der Waals surface area contributed by atoms with E-state index >= 15 is 0 Å². The number of anilines is 2. The molecule has 0 radical (unpaired) electrons. The lowest BCUT2D eigenvalue weighted by Crippen LogP contribution is -2.29. The summed E-state index contributed by atoms with van der Waals surface area (Å²) in [5.41, 5.74) is 3.78. The molecular formula is C20H25N5O2. The van der Waals surface area contributed by atoms with Gasteiger partial charge in [-0.25, -0.2) is 4.79 Å². The largest absolute Gasteiger partial charge is 0.332 e. The molecule has 0 atom stereocenters. The van der Waals surface area contributed by atoms with E-state index in [0.29, 0.717) is 17.1 Å². The molecule has 1 aromatic heterocycles. The van der Waals surface area contributed by atoms with Crippen molar-refractivity contribution >= 4 is 23.3 Å². The van der Waals surface area contributed by atoms with Crippen molar-refractivity contribution in [1.82, 2.24) is 15.3 Å². The summed E-state index contributed by atoms with van der Waals surface area (Å²) < 4.78 is 0. The third-order valence-electron chi connectivity index (χ3n) is 4.74. The zero-order chi connectivity index (χ0) is 19.2. The van der Waals surface area contributed by atoms with Gasteiger partial charge in [0, 0.05) is 23.5 Å². The molecule has 0 unspecified atom stereocenters. The summed E-state index contributed by atoms with van der Waals surface area (Å²) in [5.74, 6) is 0.159. The first-order chi connectivity index (χ1) is 13.0. The van der Waals surface area contributed by atoms with E-state index in [1.54, 1.807) is 18.5 Å². The van der Waals surface area contributed by atoms with Crippen LogP contribution >= 0.6 is 0 Å². The van der Waals surface area contributed by atoms with Gasteiger partial charge >= 0.3 is 6.03 Å². The van der Waals surface area contributed by atoms with E-state index in [0.717, 1.165) is 36.9 Å². The van der Waals surface area contributed by atoms with Crippen molar-refractivity contribution in [3.63, 3.8) is 0 Å². The van der Waals surface area contributed by atoms with E-state index in [1.165, 1.54) is 0 Å². The third kappa shape index (κ3) is 5.26. The lowest BCUT2D eigenvalue weighted by molar-refractivity contribution is -0.119. The van der Waals surface area contributed by atoms with Crippen LogP contribution in [0, 0.1) is 19.8 Å². The van der Waals surface area contributed by atoms with Crippen molar-refractivity contribution in [2.75, 3.05) is 10.6 Å². The van der Waals surface area contributed by atoms with Crippen molar-refractivity contribution in [2.45, 2.75) is 46.1 Å². The molecule has 27 heavy (non-hydrogen) atoms. The Hall–Kier alpha value is -2.96. The highest BCUT2D eigenvalue weighted by atomic mass is 16.2. The van der Waals surface area contributed by atoms with Crippen LogP contribution in [0.5, 0.6) is 0 Å². The van der Waals surface area contributed by atoms with Gasteiger partial charge in [0.15, 0.2) is 0 Å². The predicted octanol–water partition coefficient (Wildman–Crippen LogP) is 3.54. The fourth-order valence-corrected chi connectivity index (χ4v) is 3.11. The second-order valence-electron chi connectivity index (χ2n) is 6.96. The Morgan fingerprint density at radius 3 is 2.56 bits per heavy atom. The first-order valence-electron chi connectivity index (χ1n) is 9.25. The predicted molar refractivity (Wildman–Crippen MR) is 104 cm³/mol. The Bertz CT molecular complexity index is 814. The zero-order valence-electron chi connectivity index (χ0n) is 15.7. The standard InChI is InChI=1S/C20H25N5O2/c1-13-7-8-16(24-19(26)15-5-3-4-6-15)9-18(13)25-20(27)23-12-17-11-21-14(2)10-22-17/h7-11,15H,3-6,12H2,1-2H3,(H,24,26)(H2,23,25,27). The molecule has 3 N–H and O–H groups in total. The van der Waals surface area contributed by atoms with E-state index in [2.05, 4.69) is 25.9 Å². The minimum atomic E-state index is -0.334. The average Bonchev–Trinajstić information content (AvgIpc) is 3.19. The highest BCUT2D eigenvalue weighted by molar-refractivity contribution is 5.95. The van der Waals surface area contributed by atoms with Crippen molar-refractivity contribution in [3.05, 3.63) is 47.5 Å². The van der Waals surface area contributed by atoms with Gasteiger partial charge in [-0.1, -0.05) is 18.9 Å². The summed E-state index contributed by atoms with van der Waals surface area (Å²) in [4.78, 5) is 32.8. The molecule has 3 amide bonds. The molecule has 1 aromatic carbocycles. The molecule has 3 rings (SSSR count). The second kappa shape index (κ2) is 8.62. The molecule has 1 saturated carbocycles. The summed E-state index contributed by atoms with van der Waals surface area (Å²) >= 11 is 0. The van der Waals surface area contributed by atoms with E-state index in [-0.39, 0.29) is 24.4 Å². The normalized spacial score (nSPS) is 14.0. The van der Waals surface area contributed by atoms with Crippen molar-refractivity contribution in [3.8, 4) is 0 Å². The second-order valence-corrected chi connectivity index (χ2v) is 6.96. The Labute approximate surface area is 159 Å².